The Morgan fingerprint density at radius 1 is 1.25 bits per heavy atom. The minimum absolute atomic E-state index is 0.324. The van der Waals surface area contributed by atoms with Crippen LogP contribution < -0.4 is 0 Å². The summed E-state index contributed by atoms with van der Waals surface area (Å²) in [6.45, 7) is 6.88. The number of ketones is 1. The Labute approximate surface area is 100 Å². The van der Waals surface area contributed by atoms with E-state index in [0.717, 1.165) is 18.3 Å². The minimum atomic E-state index is 0.324. The zero-order valence-electron chi connectivity index (χ0n) is 11.1. The van der Waals surface area contributed by atoms with Crippen LogP contribution in [0.3, 0.4) is 0 Å². The normalized spacial score (nSPS) is 18.9. The SMILES string of the molecule is CCC(C)CCCC(CC)CC1=CC(=O)C1. The Kier molecular flexibility index (Phi) is 5.79. The van der Waals surface area contributed by atoms with Crippen molar-refractivity contribution in [2.45, 2.75) is 65.7 Å². The van der Waals surface area contributed by atoms with Gasteiger partial charge >= 0.3 is 0 Å². The first-order valence-corrected chi connectivity index (χ1v) is 6.87. The summed E-state index contributed by atoms with van der Waals surface area (Å²) in [6.07, 6.45) is 10.4. The Morgan fingerprint density at radius 3 is 2.44 bits per heavy atom. The molecule has 1 rings (SSSR count). The molecule has 1 aliphatic carbocycles. The van der Waals surface area contributed by atoms with Crippen molar-refractivity contribution in [1.82, 2.24) is 0 Å². The highest BCUT2D eigenvalue weighted by Gasteiger charge is 2.18. The minimum Gasteiger partial charge on any atom is -0.295 e. The third-order valence-corrected chi connectivity index (χ3v) is 3.90. The standard InChI is InChI=1S/C15H26O/c1-4-12(3)7-6-8-13(5-2)9-14-10-15(16)11-14/h10,12-13H,4-9,11H2,1-3H3. The first kappa shape index (κ1) is 13.5. The van der Waals surface area contributed by atoms with E-state index in [2.05, 4.69) is 20.8 Å². The zero-order valence-corrected chi connectivity index (χ0v) is 11.1. The summed E-state index contributed by atoms with van der Waals surface area (Å²) >= 11 is 0. The molecule has 1 nitrogen and oxygen atoms in total. The van der Waals surface area contributed by atoms with Crippen LogP contribution in [0.1, 0.15) is 65.7 Å². The second kappa shape index (κ2) is 6.88. The molecular weight excluding hydrogens is 196 g/mol. The predicted octanol–water partition coefficient (Wildman–Crippen LogP) is 4.52. The molecule has 1 aliphatic rings. The molecule has 0 spiro atoms. The van der Waals surface area contributed by atoms with E-state index in [1.54, 1.807) is 0 Å². The Bertz CT molecular complexity index is 252. The van der Waals surface area contributed by atoms with Crippen molar-refractivity contribution in [1.29, 1.82) is 0 Å². The van der Waals surface area contributed by atoms with E-state index in [9.17, 15) is 4.79 Å². The molecule has 0 radical (unpaired) electrons. The number of hydrogen-bond donors (Lipinski definition) is 0. The van der Waals surface area contributed by atoms with Crippen molar-refractivity contribution in [2.75, 3.05) is 0 Å². The molecular formula is C15H26O. The maximum atomic E-state index is 10.8. The number of hydrogen-bond acceptors (Lipinski definition) is 1. The molecule has 0 amide bonds. The largest absolute Gasteiger partial charge is 0.295 e. The van der Waals surface area contributed by atoms with Crippen LogP contribution in [0.2, 0.25) is 0 Å². The van der Waals surface area contributed by atoms with Crippen molar-refractivity contribution in [2.24, 2.45) is 11.8 Å². The van der Waals surface area contributed by atoms with Gasteiger partial charge in [0.05, 0.1) is 0 Å². The van der Waals surface area contributed by atoms with Crippen LogP contribution in [0.15, 0.2) is 11.6 Å². The Hall–Kier alpha value is -0.590. The molecule has 1 heteroatoms. The molecule has 2 unspecified atom stereocenters. The Balaban J connectivity index is 2.17. The number of carbonyl (C=O) groups is 1. The van der Waals surface area contributed by atoms with Crippen LogP contribution in [-0.4, -0.2) is 5.78 Å². The van der Waals surface area contributed by atoms with Gasteiger partial charge in [-0.2, -0.15) is 0 Å². The molecule has 0 saturated carbocycles. The van der Waals surface area contributed by atoms with Gasteiger partial charge in [0.15, 0.2) is 5.78 Å². The lowest BCUT2D eigenvalue weighted by Gasteiger charge is -2.20. The monoisotopic (exact) mass is 222 g/mol. The molecule has 16 heavy (non-hydrogen) atoms. The highest BCUT2D eigenvalue weighted by molar-refractivity contribution is 5.98. The van der Waals surface area contributed by atoms with Crippen LogP contribution in [0, 0.1) is 11.8 Å². The van der Waals surface area contributed by atoms with Crippen molar-refractivity contribution in [3.8, 4) is 0 Å². The molecule has 0 bridgehead atoms. The van der Waals surface area contributed by atoms with Gasteiger partial charge in [0.1, 0.15) is 0 Å². The summed E-state index contributed by atoms with van der Waals surface area (Å²) in [5.41, 5.74) is 1.39. The van der Waals surface area contributed by atoms with Crippen molar-refractivity contribution < 1.29 is 4.79 Å². The van der Waals surface area contributed by atoms with Gasteiger partial charge in [0, 0.05) is 6.42 Å². The van der Waals surface area contributed by atoms with Crippen molar-refractivity contribution >= 4 is 5.78 Å². The van der Waals surface area contributed by atoms with Gasteiger partial charge in [-0.3, -0.25) is 4.79 Å². The van der Waals surface area contributed by atoms with E-state index in [-0.39, 0.29) is 0 Å². The van der Waals surface area contributed by atoms with Gasteiger partial charge in [-0.05, 0) is 24.3 Å². The van der Waals surface area contributed by atoms with Gasteiger partial charge in [-0.25, -0.2) is 0 Å². The zero-order chi connectivity index (χ0) is 12.0. The van der Waals surface area contributed by atoms with E-state index < -0.39 is 0 Å². The number of rotatable bonds is 8. The van der Waals surface area contributed by atoms with Crippen molar-refractivity contribution in [3.05, 3.63) is 11.6 Å². The fourth-order valence-corrected chi connectivity index (χ4v) is 2.33. The summed E-state index contributed by atoms with van der Waals surface area (Å²) in [5.74, 6) is 2.01. The number of carbonyl (C=O) groups excluding carboxylic acids is 1. The summed E-state index contributed by atoms with van der Waals surface area (Å²) in [6, 6.07) is 0. The average Bonchev–Trinajstić information content (AvgIpc) is 2.24. The van der Waals surface area contributed by atoms with E-state index in [0.29, 0.717) is 5.78 Å². The smallest absolute Gasteiger partial charge is 0.159 e. The Morgan fingerprint density at radius 2 is 1.94 bits per heavy atom. The average molecular weight is 222 g/mol. The fraction of sp³-hybridized carbons (Fsp3) is 0.800. The lowest BCUT2D eigenvalue weighted by Crippen LogP contribution is -2.12. The van der Waals surface area contributed by atoms with Crippen LogP contribution in [0.4, 0.5) is 0 Å². The third kappa shape index (κ3) is 4.51. The molecule has 0 aromatic carbocycles. The molecule has 0 heterocycles. The molecule has 0 N–H and O–H groups in total. The van der Waals surface area contributed by atoms with E-state index in [1.807, 2.05) is 6.08 Å². The second-order valence-corrected chi connectivity index (χ2v) is 5.37. The van der Waals surface area contributed by atoms with Crippen LogP contribution in [-0.2, 0) is 4.79 Å². The molecule has 0 aromatic heterocycles. The van der Waals surface area contributed by atoms with E-state index >= 15 is 0 Å². The van der Waals surface area contributed by atoms with Gasteiger partial charge < -0.3 is 0 Å². The molecule has 0 aliphatic heterocycles. The first-order chi connectivity index (χ1) is 7.65. The summed E-state index contributed by atoms with van der Waals surface area (Å²) in [5, 5.41) is 0. The first-order valence-electron chi connectivity index (χ1n) is 6.87. The van der Waals surface area contributed by atoms with Gasteiger partial charge in [-0.15, -0.1) is 0 Å². The van der Waals surface area contributed by atoms with Crippen molar-refractivity contribution in [3.63, 3.8) is 0 Å². The predicted molar refractivity (Wildman–Crippen MR) is 69.4 cm³/mol. The molecule has 92 valence electrons. The third-order valence-electron chi connectivity index (χ3n) is 3.90. The highest BCUT2D eigenvalue weighted by atomic mass is 16.1. The summed E-state index contributed by atoms with van der Waals surface area (Å²) in [7, 11) is 0. The summed E-state index contributed by atoms with van der Waals surface area (Å²) in [4.78, 5) is 10.8. The molecule has 0 aromatic rings. The maximum absolute atomic E-state index is 10.8. The highest BCUT2D eigenvalue weighted by Crippen LogP contribution is 2.28. The maximum Gasteiger partial charge on any atom is 0.159 e. The fourth-order valence-electron chi connectivity index (χ4n) is 2.33. The second-order valence-electron chi connectivity index (χ2n) is 5.37. The summed E-state index contributed by atoms with van der Waals surface area (Å²) < 4.78 is 0. The van der Waals surface area contributed by atoms with Crippen LogP contribution in [0.25, 0.3) is 0 Å². The topological polar surface area (TPSA) is 17.1 Å². The lowest BCUT2D eigenvalue weighted by molar-refractivity contribution is -0.115. The molecule has 0 saturated heterocycles. The van der Waals surface area contributed by atoms with Gasteiger partial charge in [0.2, 0.25) is 0 Å². The molecule has 0 fully saturated rings. The lowest BCUT2D eigenvalue weighted by atomic mass is 9.84. The van der Waals surface area contributed by atoms with Gasteiger partial charge in [-0.1, -0.05) is 58.4 Å². The molecule has 2 atom stereocenters. The van der Waals surface area contributed by atoms with Crippen LogP contribution >= 0.6 is 0 Å². The quantitative estimate of drug-likeness (QED) is 0.590. The van der Waals surface area contributed by atoms with E-state index in [1.165, 1.54) is 44.1 Å². The van der Waals surface area contributed by atoms with Gasteiger partial charge in [0.25, 0.3) is 0 Å². The van der Waals surface area contributed by atoms with E-state index in [4.69, 9.17) is 0 Å². The number of allylic oxidation sites excluding steroid dienone is 2. The van der Waals surface area contributed by atoms with Crippen LogP contribution in [0.5, 0.6) is 0 Å².